The van der Waals surface area contributed by atoms with Gasteiger partial charge in [0.25, 0.3) is 0 Å². The topological polar surface area (TPSA) is 32.7 Å². The van der Waals surface area contributed by atoms with Crippen LogP contribution in [0.5, 0.6) is 0 Å². The Morgan fingerprint density at radius 3 is 2.30 bits per heavy atom. The van der Waals surface area contributed by atoms with Gasteiger partial charge in [0, 0.05) is 30.9 Å². The zero-order valence-corrected chi connectivity index (χ0v) is 13.3. The van der Waals surface area contributed by atoms with Gasteiger partial charge in [0.2, 0.25) is 0 Å². The molecule has 0 amide bonds. The van der Waals surface area contributed by atoms with Crippen molar-refractivity contribution in [1.82, 2.24) is 0 Å². The second kappa shape index (κ2) is 8.98. The SMILES string of the molecule is CCC(O)c1ccccc1N(CCOC)C(CC)CC. The number of para-hydroxylation sites is 1. The monoisotopic (exact) mass is 279 g/mol. The first-order valence-corrected chi connectivity index (χ1v) is 7.72. The van der Waals surface area contributed by atoms with E-state index in [9.17, 15) is 5.11 Å². The molecule has 1 aromatic carbocycles. The van der Waals surface area contributed by atoms with Crippen LogP contribution in [0.4, 0.5) is 5.69 Å². The Morgan fingerprint density at radius 2 is 1.75 bits per heavy atom. The van der Waals surface area contributed by atoms with Crippen LogP contribution in [0.2, 0.25) is 0 Å². The van der Waals surface area contributed by atoms with E-state index in [1.807, 2.05) is 25.1 Å². The van der Waals surface area contributed by atoms with Gasteiger partial charge in [-0.25, -0.2) is 0 Å². The van der Waals surface area contributed by atoms with E-state index in [0.29, 0.717) is 12.6 Å². The number of aliphatic hydroxyl groups is 1. The van der Waals surface area contributed by atoms with Crippen molar-refractivity contribution in [2.45, 2.75) is 52.2 Å². The molecule has 3 nitrogen and oxygen atoms in total. The Hall–Kier alpha value is -1.06. The quantitative estimate of drug-likeness (QED) is 0.747. The summed E-state index contributed by atoms with van der Waals surface area (Å²) in [7, 11) is 1.73. The Bertz CT molecular complexity index is 377. The molecule has 114 valence electrons. The number of aliphatic hydroxyl groups excluding tert-OH is 1. The van der Waals surface area contributed by atoms with Crippen LogP contribution < -0.4 is 4.90 Å². The maximum atomic E-state index is 10.3. The maximum absolute atomic E-state index is 10.3. The highest BCUT2D eigenvalue weighted by atomic mass is 16.5. The molecule has 20 heavy (non-hydrogen) atoms. The summed E-state index contributed by atoms with van der Waals surface area (Å²) >= 11 is 0. The van der Waals surface area contributed by atoms with E-state index in [4.69, 9.17) is 4.74 Å². The molecule has 0 saturated carbocycles. The molecule has 0 saturated heterocycles. The molecule has 3 heteroatoms. The van der Waals surface area contributed by atoms with Gasteiger partial charge >= 0.3 is 0 Å². The third-order valence-electron chi connectivity index (χ3n) is 3.91. The van der Waals surface area contributed by atoms with E-state index < -0.39 is 6.10 Å². The molecule has 1 unspecified atom stereocenters. The van der Waals surface area contributed by atoms with Crippen molar-refractivity contribution < 1.29 is 9.84 Å². The lowest BCUT2D eigenvalue weighted by Crippen LogP contribution is -2.37. The number of hydrogen-bond acceptors (Lipinski definition) is 3. The van der Waals surface area contributed by atoms with Crippen molar-refractivity contribution in [2.24, 2.45) is 0 Å². The standard InChI is InChI=1S/C17H29NO2/c1-5-14(6-2)18(12-13-20-4)16-11-9-8-10-15(16)17(19)7-3/h8-11,14,17,19H,5-7,12-13H2,1-4H3. The highest BCUT2D eigenvalue weighted by molar-refractivity contribution is 5.55. The lowest BCUT2D eigenvalue weighted by molar-refractivity contribution is 0.173. The third kappa shape index (κ3) is 4.22. The molecule has 1 aromatic rings. The largest absolute Gasteiger partial charge is 0.388 e. The summed E-state index contributed by atoms with van der Waals surface area (Å²) in [5.74, 6) is 0. The van der Waals surface area contributed by atoms with Gasteiger partial charge in [-0.2, -0.15) is 0 Å². The molecule has 0 bridgehead atoms. The second-order valence-corrected chi connectivity index (χ2v) is 5.14. The first kappa shape index (κ1) is 17.0. The summed E-state index contributed by atoms with van der Waals surface area (Å²) in [6.45, 7) is 8.00. The minimum absolute atomic E-state index is 0.398. The summed E-state index contributed by atoms with van der Waals surface area (Å²) < 4.78 is 5.26. The molecule has 0 aliphatic rings. The molecule has 0 heterocycles. The molecule has 0 aromatic heterocycles. The first-order chi connectivity index (χ1) is 9.69. The number of hydrogen-bond donors (Lipinski definition) is 1. The van der Waals surface area contributed by atoms with Crippen LogP contribution in [0.25, 0.3) is 0 Å². The van der Waals surface area contributed by atoms with Crippen molar-refractivity contribution in [2.75, 3.05) is 25.2 Å². The van der Waals surface area contributed by atoms with Gasteiger partial charge in [0.05, 0.1) is 12.7 Å². The molecule has 1 N–H and O–H groups in total. The number of nitrogens with zero attached hydrogens (tertiary/aromatic N) is 1. The molecule has 0 spiro atoms. The van der Waals surface area contributed by atoms with E-state index in [0.717, 1.165) is 37.1 Å². The van der Waals surface area contributed by atoms with E-state index in [2.05, 4.69) is 24.8 Å². The molecule has 1 atom stereocenters. The first-order valence-electron chi connectivity index (χ1n) is 7.72. The van der Waals surface area contributed by atoms with Gasteiger partial charge in [0.15, 0.2) is 0 Å². The van der Waals surface area contributed by atoms with Crippen LogP contribution in [0, 0.1) is 0 Å². The van der Waals surface area contributed by atoms with Gasteiger partial charge in [-0.3, -0.25) is 0 Å². The van der Waals surface area contributed by atoms with Crippen LogP contribution in [0.1, 0.15) is 51.7 Å². The molecule has 0 fully saturated rings. The Labute approximate surface area is 123 Å². The zero-order valence-electron chi connectivity index (χ0n) is 13.3. The van der Waals surface area contributed by atoms with Gasteiger partial charge in [-0.15, -0.1) is 0 Å². The van der Waals surface area contributed by atoms with Crippen LogP contribution in [0.15, 0.2) is 24.3 Å². The summed E-state index contributed by atoms with van der Waals surface area (Å²) in [5, 5.41) is 10.3. The molecule has 0 aliphatic carbocycles. The van der Waals surface area contributed by atoms with Gasteiger partial charge in [-0.1, -0.05) is 39.0 Å². The van der Waals surface area contributed by atoms with Gasteiger partial charge < -0.3 is 14.7 Å². The number of rotatable bonds is 9. The van der Waals surface area contributed by atoms with Crippen molar-refractivity contribution >= 4 is 5.69 Å². The normalized spacial score (nSPS) is 12.7. The van der Waals surface area contributed by atoms with Crippen molar-refractivity contribution in [3.05, 3.63) is 29.8 Å². The highest BCUT2D eigenvalue weighted by Gasteiger charge is 2.20. The lowest BCUT2D eigenvalue weighted by atomic mass is 10.0. The summed E-state index contributed by atoms with van der Waals surface area (Å²) in [6.07, 6.45) is 2.52. The minimum atomic E-state index is -0.398. The Morgan fingerprint density at radius 1 is 1.10 bits per heavy atom. The molecule has 1 rings (SSSR count). The summed E-state index contributed by atoms with van der Waals surface area (Å²) in [4.78, 5) is 2.39. The van der Waals surface area contributed by atoms with Gasteiger partial charge in [0.1, 0.15) is 0 Å². The maximum Gasteiger partial charge on any atom is 0.0807 e. The fraction of sp³-hybridized carbons (Fsp3) is 0.647. The zero-order chi connectivity index (χ0) is 15.0. The van der Waals surface area contributed by atoms with E-state index in [1.54, 1.807) is 7.11 Å². The predicted octanol–water partition coefficient (Wildman–Crippen LogP) is 3.77. The van der Waals surface area contributed by atoms with E-state index in [-0.39, 0.29) is 0 Å². The molecule has 0 radical (unpaired) electrons. The lowest BCUT2D eigenvalue weighted by Gasteiger charge is -2.34. The number of anilines is 1. The van der Waals surface area contributed by atoms with Crippen LogP contribution in [-0.4, -0.2) is 31.4 Å². The number of methoxy groups -OCH3 is 1. The number of benzene rings is 1. The van der Waals surface area contributed by atoms with Crippen molar-refractivity contribution in [1.29, 1.82) is 0 Å². The number of ether oxygens (including phenoxy) is 1. The van der Waals surface area contributed by atoms with Crippen LogP contribution in [-0.2, 0) is 4.74 Å². The average molecular weight is 279 g/mol. The molecular weight excluding hydrogens is 250 g/mol. The second-order valence-electron chi connectivity index (χ2n) is 5.14. The van der Waals surface area contributed by atoms with Crippen LogP contribution >= 0.6 is 0 Å². The fourth-order valence-electron chi connectivity index (χ4n) is 2.67. The van der Waals surface area contributed by atoms with Crippen LogP contribution in [0.3, 0.4) is 0 Å². The Balaban J connectivity index is 3.11. The van der Waals surface area contributed by atoms with Crippen molar-refractivity contribution in [3.63, 3.8) is 0 Å². The summed E-state index contributed by atoms with van der Waals surface area (Å²) in [6, 6.07) is 8.67. The van der Waals surface area contributed by atoms with E-state index >= 15 is 0 Å². The molecular formula is C17H29NO2. The molecule has 0 aliphatic heterocycles. The third-order valence-corrected chi connectivity index (χ3v) is 3.91. The minimum Gasteiger partial charge on any atom is -0.388 e. The summed E-state index contributed by atoms with van der Waals surface area (Å²) in [5.41, 5.74) is 2.17. The Kier molecular flexibility index (Phi) is 7.63. The fourth-order valence-corrected chi connectivity index (χ4v) is 2.67. The van der Waals surface area contributed by atoms with E-state index in [1.165, 1.54) is 0 Å². The smallest absolute Gasteiger partial charge is 0.0807 e. The average Bonchev–Trinajstić information content (AvgIpc) is 2.50. The van der Waals surface area contributed by atoms with Crippen molar-refractivity contribution in [3.8, 4) is 0 Å². The highest BCUT2D eigenvalue weighted by Crippen LogP contribution is 2.30. The van der Waals surface area contributed by atoms with Gasteiger partial charge in [-0.05, 0) is 25.3 Å². The predicted molar refractivity (Wildman–Crippen MR) is 85.3 cm³/mol.